The second kappa shape index (κ2) is 13.6. The molecular weight excluding hydrogens is 697 g/mol. The summed E-state index contributed by atoms with van der Waals surface area (Å²) < 4.78 is 12.7. The second-order valence-electron chi connectivity index (χ2n) is 14.4. The molecule has 9 aromatic carbocycles. The van der Waals surface area contributed by atoms with Crippen molar-refractivity contribution in [2.45, 2.75) is 0 Å². The van der Waals surface area contributed by atoms with E-state index in [0.717, 1.165) is 66.8 Å². The maximum atomic E-state index is 6.43. The number of oxazole rings is 1. The van der Waals surface area contributed by atoms with Crippen LogP contribution in [0.1, 0.15) is 0 Å². The van der Waals surface area contributed by atoms with E-state index in [1.54, 1.807) is 0 Å². The molecule has 0 bridgehead atoms. The van der Waals surface area contributed by atoms with E-state index in [0.29, 0.717) is 5.89 Å². The van der Waals surface area contributed by atoms with Crippen molar-refractivity contribution in [2.75, 3.05) is 4.90 Å². The molecule has 11 rings (SSSR count). The Bertz CT molecular complexity index is 3200. The highest BCUT2D eigenvalue weighted by Crippen LogP contribution is 2.42. The maximum Gasteiger partial charge on any atom is 0.227 e. The first kappa shape index (κ1) is 32.7. The fourth-order valence-corrected chi connectivity index (χ4v) is 8.04. The standard InChI is InChI=1S/C53H34N2O2/c1-4-11-35(12-5-1)37-21-26-43(27-22-37)55(45-30-25-41-31-40(19-20-42(41)32-45)36-13-6-2-7-14-36)44-28-23-38(24-29-44)46-17-10-18-49-52(46)47-33-51-48(34-50(47)56-49)54-53(57-51)39-15-8-3-9-16-39/h1-34H. The van der Waals surface area contributed by atoms with Gasteiger partial charge < -0.3 is 13.7 Å². The van der Waals surface area contributed by atoms with Gasteiger partial charge in [-0.05, 0) is 111 Å². The van der Waals surface area contributed by atoms with Gasteiger partial charge in [0.15, 0.2) is 5.58 Å². The lowest BCUT2D eigenvalue weighted by molar-refractivity contribution is 0.620. The van der Waals surface area contributed by atoms with Crippen LogP contribution in [0.5, 0.6) is 0 Å². The summed E-state index contributed by atoms with van der Waals surface area (Å²) >= 11 is 0. The summed E-state index contributed by atoms with van der Waals surface area (Å²) in [6.45, 7) is 0. The lowest BCUT2D eigenvalue weighted by Gasteiger charge is -2.26. The molecule has 0 unspecified atom stereocenters. The number of furan rings is 1. The summed E-state index contributed by atoms with van der Waals surface area (Å²) in [4.78, 5) is 7.12. The molecule has 0 aliphatic carbocycles. The largest absolute Gasteiger partial charge is 0.456 e. The van der Waals surface area contributed by atoms with E-state index in [1.165, 1.54) is 33.0 Å². The summed E-state index contributed by atoms with van der Waals surface area (Å²) in [6, 6.07) is 72.5. The van der Waals surface area contributed by atoms with Crippen molar-refractivity contribution in [1.82, 2.24) is 4.98 Å². The Morgan fingerprint density at radius 1 is 0.351 bits per heavy atom. The fourth-order valence-electron chi connectivity index (χ4n) is 8.04. The minimum absolute atomic E-state index is 0.598. The molecule has 0 atom stereocenters. The smallest absolute Gasteiger partial charge is 0.227 e. The Morgan fingerprint density at radius 3 is 1.61 bits per heavy atom. The summed E-state index contributed by atoms with van der Waals surface area (Å²) in [5.74, 6) is 0.598. The third-order valence-corrected chi connectivity index (χ3v) is 10.9. The fraction of sp³-hybridized carbons (Fsp3) is 0. The Kier molecular flexibility index (Phi) is 7.78. The van der Waals surface area contributed by atoms with Crippen LogP contribution in [-0.4, -0.2) is 4.98 Å². The van der Waals surface area contributed by atoms with Gasteiger partial charge in [-0.1, -0.05) is 133 Å². The number of aromatic nitrogens is 1. The van der Waals surface area contributed by atoms with Crippen molar-refractivity contribution in [2.24, 2.45) is 0 Å². The Morgan fingerprint density at radius 2 is 0.912 bits per heavy atom. The molecule has 0 saturated heterocycles. The minimum Gasteiger partial charge on any atom is -0.456 e. The molecule has 0 radical (unpaired) electrons. The number of anilines is 3. The van der Waals surface area contributed by atoms with Gasteiger partial charge in [-0.2, -0.15) is 0 Å². The van der Waals surface area contributed by atoms with Crippen LogP contribution < -0.4 is 4.90 Å². The van der Waals surface area contributed by atoms with Gasteiger partial charge in [-0.3, -0.25) is 0 Å². The Balaban J connectivity index is 0.995. The average molecular weight is 731 g/mol. The predicted molar refractivity (Wildman–Crippen MR) is 235 cm³/mol. The summed E-state index contributed by atoms with van der Waals surface area (Å²) in [7, 11) is 0. The Hall–Kier alpha value is -7.69. The van der Waals surface area contributed by atoms with Crippen LogP contribution in [0.2, 0.25) is 0 Å². The summed E-state index contributed by atoms with van der Waals surface area (Å²) in [5, 5.41) is 4.44. The molecule has 0 N–H and O–H groups in total. The van der Waals surface area contributed by atoms with E-state index in [4.69, 9.17) is 13.8 Å². The zero-order valence-corrected chi connectivity index (χ0v) is 30.8. The summed E-state index contributed by atoms with van der Waals surface area (Å²) in [6.07, 6.45) is 0. The van der Waals surface area contributed by atoms with Crippen molar-refractivity contribution in [1.29, 1.82) is 0 Å². The van der Waals surface area contributed by atoms with Crippen LogP contribution in [-0.2, 0) is 0 Å². The van der Waals surface area contributed by atoms with Gasteiger partial charge in [0.1, 0.15) is 16.7 Å². The number of hydrogen-bond donors (Lipinski definition) is 0. The summed E-state index contributed by atoms with van der Waals surface area (Å²) in [5.41, 5.74) is 14.3. The monoisotopic (exact) mass is 730 g/mol. The molecule has 11 aromatic rings. The van der Waals surface area contributed by atoms with Crippen molar-refractivity contribution in [3.8, 4) is 44.8 Å². The number of fused-ring (bicyclic) bond motifs is 5. The molecule has 2 heterocycles. The van der Waals surface area contributed by atoms with Gasteiger partial charge in [-0.15, -0.1) is 0 Å². The van der Waals surface area contributed by atoms with Gasteiger partial charge in [0.25, 0.3) is 0 Å². The van der Waals surface area contributed by atoms with Gasteiger partial charge in [0, 0.05) is 39.5 Å². The van der Waals surface area contributed by atoms with E-state index < -0.39 is 0 Å². The van der Waals surface area contributed by atoms with Crippen molar-refractivity contribution < 1.29 is 8.83 Å². The Labute approximate surface area is 329 Å². The van der Waals surface area contributed by atoms with Crippen molar-refractivity contribution >= 4 is 60.9 Å². The molecule has 0 spiro atoms. The van der Waals surface area contributed by atoms with Gasteiger partial charge >= 0.3 is 0 Å². The van der Waals surface area contributed by atoms with Crippen LogP contribution in [0.4, 0.5) is 17.1 Å². The number of rotatable bonds is 7. The minimum atomic E-state index is 0.598. The molecule has 4 heteroatoms. The van der Waals surface area contributed by atoms with E-state index in [9.17, 15) is 0 Å². The SMILES string of the molecule is c1ccc(-c2ccc(N(c3ccc(-c4cccc5oc6cc7nc(-c8ccccc8)oc7cc6c45)cc3)c3ccc4cc(-c5ccccc5)ccc4c3)cc2)cc1. The molecule has 0 aliphatic heterocycles. The van der Waals surface area contributed by atoms with Crippen LogP contribution in [0.15, 0.2) is 215 Å². The molecule has 4 nitrogen and oxygen atoms in total. The molecule has 0 amide bonds. The third kappa shape index (κ3) is 5.92. The van der Waals surface area contributed by atoms with Crippen molar-refractivity contribution in [3.63, 3.8) is 0 Å². The van der Waals surface area contributed by atoms with Crippen LogP contribution in [0.25, 0.3) is 88.6 Å². The maximum absolute atomic E-state index is 6.43. The van der Waals surface area contributed by atoms with Gasteiger partial charge in [0.2, 0.25) is 5.89 Å². The first-order valence-corrected chi connectivity index (χ1v) is 19.2. The first-order valence-electron chi connectivity index (χ1n) is 19.2. The van der Waals surface area contributed by atoms with Crippen LogP contribution in [0, 0.1) is 0 Å². The lowest BCUT2D eigenvalue weighted by Crippen LogP contribution is -2.09. The highest BCUT2D eigenvalue weighted by atomic mass is 16.4. The molecule has 2 aromatic heterocycles. The van der Waals surface area contributed by atoms with Gasteiger partial charge in [0.05, 0.1) is 0 Å². The predicted octanol–water partition coefficient (Wildman–Crippen LogP) is 15.0. The molecule has 57 heavy (non-hydrogen) atoms. The normalized spacial score (nSPS) is 11.5. The zero-order chi connectivity index (χ0) is 37.7. The third-order valence-electron chi connectivity index (χ3n) is 10.9. The molecule has 0 fully saturated rings. The molecule has 268 valence electrons. The van der Waals surface area contributed by atoms with Crippen LogP contribution in [0.3, 0.4) is 0 Å². The van der Waals surface area contributed by atoms with E-state index >= 15 is 0 Å². The van der Waals surface area contributed by atoms with E-state index in [-0.39, 0.29) is 0 Å². The molecule has 0 aliphatic rings. The number of nitrogens with zero attached hydrogens (tertiary/aromatic N) is 2. The number of benzene rings is 9. The van der Waals surface area contributed by atoms with Crippen molar-refractivity contribution in [3.05, 3.63) is 206 Å². The second-order valence-corrected chi connectivity index (χ2v) is 14.4. The highest BCUT2D eigenvalue weighted by molar-refractivity contribution is 6.15. The highest BCUT2D eigenvalue weighted by Gasteiger charge is 2.18. The molecular formula is C53H34N2O2. The molecule has 0 saturated carbocycles. The zero-order valence-electron chi connectivity index (χ0n) is 30.8. The van der Waals surface area contributed by atoms with Crippen LogP contribution >= 0.6 is 0 Å². The topological polar surface area (TPSA) is 42.4 Å². The van der Waals surface area contributed by atoms with E-state index in [1.807, 2.05) is 42.5 Å². The quantitative estimate of drug-likeness (QED) is 0.164. The first-order chi connectivity index (χ1) is 28.2. The number of hydrogen-bond acceptors (Lipinski definition) is 4. The lowest BCUT2D eigenvalue weighted by atomic mass is 9.98. The average Bonchev–Trinajstić information content (AvgIpc) is 3.87. The van der Waals surface area contributed by atoms with Gasteiger partial charge in [-0.25, -0.2) is 4.98 Å². The van der Waals surface area contributed by atoms with E-state index in [2.05, 4.69) is 169 Å².